The van der Waals surface area contributed by atoms with Gasteiger partial charge in [0.15, 0.2) is 0 Å². The highest BCUT2D eigenvalue weighted by Crippen LogP contribution is 2.16. The fourth-order valence-electron chi connectivity index (χ4n) is 1.24. The van der Waals surface area contributed by atoms with Crippen molar-refractivity contribution in [3.8, 4) is 0 Å². The number of hydrogen-bond acceptors (Lipinski definition) is 4. The van der Waals surface area contributed by atoms with Gasteiger partial charge in [-0.15, -0.1) is 0 Å². The van der Waals surface area contributed by atoms with Gasteiger partial charge in [-0.3, -0.25) is 0 Å². The van der Waals surface area contributed by atoms with Gasteiger partial charge in [0.25, 0.3) is 0 Å². The van der Waals surface area contributed by atoms with Crippen molar-refractivity contribution in [3.63, 3.8) is 0 Å². The number of aromatic nitrogens is 3. The lowest BCUT2D eigenvalue weighted by Gasteiger charge is -2.06. The minimum Gasteiger partial charge on any atom is -0.387 e. The van der Waals surface area contributed by atoms with Crippen LogP contribution in [0.5, 0.6) is 0 Å². The van der Waals surface area contributed by atoms with E-state index in [1.807, 2.05) is 5.38 Å². The van der Waals surface area contributed by atoms with Crippen LogP contribution in [0.1, 0.15) is 11.7 Å². The second-order valence-electron chi connectivity index (χ2n) is 3.04. The van der Waals surface area contributed by atoms with Crippen molar-refractivity contribution in [3.05, 3.63) is 43.4 Å². The molecule has 0 spiro atoms. The largest absolute Gasteiger partial charge is 0.387 e. The van der Waals surface area contributed by atoms with Crippen LogP contribution in [0.4, 0.5) is 0 Å². The molecule has 0 aliphatic rings. The molecule has 6 nitrogen and oxygen atoms in total. The lowest BCUT2D eigenvalue weighted by molar-refractivity contribution is 0.154. The predicted octanol–water partition coefficient (Wildman–Crippen LogP) is -0.340. The SMILES string of the molecule is O=c1[nH][nH]c(=O)n1CC(O)c1ccsc1. The van der Waals surface area contributed by atoms with Crippen LogP contribution in [0.25, 0.3) is 0 Å². The van der Waals surface area contributed by atoms with E-state index in [0.717, 1.165) is 4.57 Å². The van der Waals surface area contributed by atoms with Gasteiger partial charge in [0.1, 0.15) is 0 Å². The third-order valence-electron chi connectivity index (χ3n) is 2.05. The smallest absolute Gasteiger partial charge is 0.344 e. The van der Waals surface area contributed by atoms with Gasteiger partial charge in [-0.25, -0.2) is 24.4 Å². The fraction of sp³-hybridized carbons (Fsp3) is 0.250. The zero-order valence-corrected chi connectivity index (χ0v) is 8.45. The lowest BCUT2D eigenvalue weighted by Crippen LogP contribution is -2.29. The van der Waals surface area contributed by atoms with Gasteiger partial charge in [-0.2, -0.15) is 11.3 Å². The number of aromatic amines is 2. The van der Waals surface area contributed by atoms with Crippen molar-refractivity contribution >= 4 is 11.3 Å². The van der Waals surface area contributed by atoms with Crippen molar-refractivity contribution in [2.45, 2.75) is 12.6 Å². The Hall–Kier alpha value is -1.60. The molecule has 0 aromatic carbocycles. The van der Waals surface area contributed by atoms with E-state index in [-0.39, 0.29) is 6.54 Å². The van der Waals surface area contributed by atoms with Gasteiger partial charge in [-0.1, -0.05) is 0 Å². The number of nitrogens with one attached hydrogen (secondary N) is 2. The van der Waals surface area contributed by atoms with Gasteiger partial charge >= 0.3 is 11.4 Å². The zero-order valence-electron chi connectivity index (χ0n) is 7.64. The minimum absolute atomic E-state index is 0.0472. The molecule has 2 aromatic rings. The van der Waals surface area contributed by atoms with Crippen LogP contribution in [-0.4, -0.2) is 19.9 Å². The second kappa shape index (κ2) is 3.87. The molecule has 15 heavy (non-hydrogen) atoms. The van der Waals surface area contributed by atoms with Gasteiger partial charge in [0.2, 0.25) is 0 Å². The summed E-state index contributed by atoms with van der Waals surface area (Å²) in [5.41, 5.74) is -0.393. The molecule has 1 unspecified atom stereocenters. The molecular weight excluding hydrogens is 218 g/mol. The normalized spacial score (nSPS) is 12.9. The maximum absolute atomic E-state index is 11.1. The molecule has 1 atom stereocenters. The molecule has 80 valence electrons. The molecular formula is C8H9N3O3S. The Kier molecular flexibility index (Phi) is 2.57. The highest BCUT2D eigenvalue weighted by molar-refractivity contribution is 7.07. The van der Waals surface area contributed by atoms with Crippen molar-refractivity contribution in [1.29, 1.82) is 0 Å². The maximum atomic E-state index is 11.1. The summed E-state index contributed by atoms with van der Waals surface area (Å²) in [5, 5.41) is 17.6. The molecule has 0 bridgehead atoms. The number of hydrogen-bond donors (Lipinski definition) is 3. The molecule has 0 radical (unpaired) electrons. The number of rotatable bonds is 3. The highest BCUT2D eigenvalue weighted by Gasteiger charge is 2.12. The molecule has 2 aromatic heterocycles. The van der Waals surface area contributed by atoms with Crippen molar-refractivity contribution in [2.75, 3.05) is 0 Å². The van der Waals surface area contributed by atoms with Gasteiger partial charge in [0, 0.05) is 0 Å². The Morgan fingerprint density at radius 2 is 2.07 bits per heavy atom. The van der Waals surface area contributed by atoms with Crippen LogP contribution in [0.2, 0.25) is 0 Å². The first kappa shape index (κ1) is 9.94. The minimum atomic E-state index is -0.842. The first-order valence-electron chi connectivity index (χ1n) is 4.26. The van der Waals surface area contributed by atoms with Crippen LogP contribution in [0.3, 0.4) is 0 Å². The summed E-state index contributed by atoms with van der Waals surface area (Å²) in [4.78, 5) is 22.2. The Morgan fingerprint density at radius 1 is 1.40 bits per heavy atom. The summed E-state index contributed by atoms with van der Waals surface area (Å²) in [7, 11) is 0. The van der Waals surface area contributed by atoms with E-state index >= 15 is 0 Å². The molecule has 2 heterocycles. The molecule has 0 fully saturated rings. The summed E-state index contributed by atoms with van der Waals surface area (Å²) >= 11 is 1.45. The molecule has 7 heteroatoms. The molecule has 0 amide bonds. The van der Waals surface area contributed by atoms with E-state index in [9.17, 15) is 14.7 Å². The van der Waals surface area contributed by atoms with Crippen molar-refractivity contribution < 1.29 is 5.11 Å². The second-order valence-corrected chi connectivity index (χ2v) is 3.82. The molecule has 0 aliphatic heterocycles. The van der Waals surface area contributed by atoms with Gasteiger partial charge in [-0.05, 0) is 22.4 Å². The summed E-state index contributed by atoms with van der Waals surface area (Å²) < 4.78 is 0.919. The fourth-order valence-corrected chi connectivity index (χ4v) is 1.95. The first-order chi connectivity index (χ1) is 7.18. The van der Waals surface area contributed by atoms with Gasteiger partial charge < -0.3 is 5.11 Å². The quantitative estimate of drug-likeness (QED) is 0.670. The van der Waals surface area contributed by atoms with Crippen molar-refractivity contribution in [2.24, 2.45) is 0 Å². The molecule has 0 saturated carbocycles. The maximum Gasteiger partial charge on any atom is 0.344 e. The van der Waals surface area contributed by atoms with Crippen molar-refractivity contribution in [1.82, 2.24) is 14.8 Å². The molecule has 3 N–H and O–H groups in total. The summed E-state index contributed by atoms with van der Waals surface area (Å²) in [6, 6.07) is 1.75. The van der Waals surface area contributed by atoms with Crippen LogP contribution >= 0.6 is 11.3 Å². The van der Waals surface area contributed by atoms with E-state index < -0.39 is 17.5 Å². The van der Waals surface area contributed by atoms with E-state index in [1.54, 1.807) is 11.4 Å². The number of nitrogens with zero attached hydrogens (tertiary/aromatic N) is 1. The summed E-state index contributed by atoms with van der Waals surface area (Å²) in [6.45, 7) is -0.0472. The van der Waals surface area contributed by atoms with E-state index in [0.29, 0.717) is 5.56 Å². The Bertz CT molecular complexity index is 508. The van der Waals surface area contributed by atoms with Crippen LogP contribution < -0.4 is 11.4 Å². The molecule has 0 aliphatic carbocycles. The predicted molar refractivity (Wildman–Crippen MR) is 55.0 cm³/mol. The van der Waals surface area contributed by atoms with Crippen LogP contribution in [0, 0.1) is 0 Å². The zero-order chi connectivity index (χ0) is 10.8. The lowest BCUT2D eigenvalue weighted by atomic mass is 10.2. The number of thiophene rings is 1. The Balaban J connectivity index is 2.23. The third-order valence-corrected chi connectivity index (χ3v) is 2.75. The third kappa shape index (κ3) is 1.92. The number of aliphatic hydroxyl groups is 1. The molecule has 2 rings (SSSR count). The van der Waals surface area contributed by atoms with E-state index in [4.69, 9.17) is 0 Å². The average molecular weight is 227 g/mol. The van der Waals surface area contributed by atoms with E-state index in [1.165, 1.54) is 11.3 Å². The summed E-state index contributed by atoms with van der Waals surface area (Å²) in [6.07, 6.45) is -0.842. The topological polar surface area (TPSA) is 90.9 Å². The van der Waals surface area contributed by atoms with Crippen LogP contribution in [0.15, 0.2) is 26.4 Å². The molecule has 0 saturated heterocycles. The first-order valence-corrected chi connectivity index (χ1v) is 5.20. The Morgan fingerprint density at radius 3 is 2.60 bits per heavy atom. The monoisotopic (exact) mass is 227 g/mol. The Labute approximate surface area is 87.8 Å². The average Bonchev–Trinajstić information content (AvgIpc) is 2.82. The van der Waals surface area contributed by atoms with Gasteiger partial charge in [0.05, 0.1) is 12.6 Å². The highest BCUT2D eigenvalue weighted by atomic mass is 32.1. The van der Waals surface area contributed by atoms with E-state index in [2.05, 4.69) is 10.2 Å². The van der Waals surface area contributed by atoms with Crippen LogP contribution in [-0.2, 0) is 6.54 Å². The standard InChI is InChI=1S/C8H9N3O3S/c12-6(5-1-2-15-4-5)3-11-7(13)9-10-8(11)14/h1-2,4,6,12H,3H2,(H,9,13)(H,10,14). The number of H-pyrrole nitrogens is 2. The number of aliphatic hydroxyl groups excluding tert-OH is 1. The summed E-state index contributed by atoms with van der Waals surface area (Å²) in [5.74, 6) is 0.